The molecule has 2 heterocycles. The molecule has 174 valence electrons. The van der Waals surface area contributed by atoms with Crippen molar-refractivity contribution in [2.45, 2.75) is 6.92 Å². The topological polar surface area (TPSA) is 144 Å². The Morgan fingerprint density at radius 2 is 2.00 bits per heavy atom. The van der Waals surface area contributed by atoms with Crippen LogP contribution in [0.4, 0.5) is 10.8 Å². The number of benzene rings is 2. The van der Waals surface area contributed by atoms with E-state index in [0.717, 1.165) is 11.1 Å². The fourth-order valence-electron chi connectivity index (χ4n) is 3.22. The van der Waals surface area contributed by atoms with Gasteiger partial charge < -0.3 is 9.15 Å². The molecule has 4 aromatic rings. The Bertz CT molecular complexity index is 1500. The highest BCUT2D eigenvalue weighted by molar-refractivity contribution is 7.18. The number of nitro benzene ring substituents is 1. The first-order chi connectivity index (χ1) is 16.9. The number of carbonyl (C=O) groups excluding carboxylic acids is 1. The van der Waals surface area contributed by atoms with Gasteiger partial charge in [0.15, 0.2) is 0 Å². The second kappa shape index (κ2) is 9.98. The molecule has 2 aromatic heterocycles. The van der Waals surface area contributed by atoms with E-state index in [4.69, 9.17) is 9.15 Å². The van der Waals surface area contributed by atoms with Crippen LogP contribution < -0.4 is 10.1 Å². The standard InChI is InChI=1S/C24H17N5O5S/c1-14-5-3-4-6-18(14)23-27-28-24(35-23)26-22(30)15(13-25)11-17-8-10-21(34-17)19-9-7-16(33-2)12-20(19)29(31)32/h3-12H,1-2H3,(H,26,28,30). The molecular formula is C24H17N5O5S. The maximum Gasteiger partial charge on any atom is 0.284 e. The summed E-state index contributed by atoms with van der Waals surface area (Å²) in [7, 11) is 1.41. The van der Waals surface area contributed by atoms with Crippen LogP contribution in [0.1, 0.15) is 11.3 Å². The van der Waals surface area contributed by atoms with Gasteiger partial charge in [-0.15, -0.1) is 10.2 Å². The number of nitrogens with one attached hydrogen (secondary N) is 1. The summed E-state index contributed by atoms with van der Waals surface area (Å²) in [6.45, 7) is 1.95. The van der Waals surface area contributed by atoms with Gasteiger partial charge in [-0.3, -0.25) is 20.2 Å². The van der Waals surface area contributed by atoms with Crippen molar-refractivity contribution >= 4 is 34.1 Å². The van der Waals surface area contributed by atoms with E-state index in [-0.39, 0.29) is 33.5 Å². The summed E-state index contributed by atoms with van der Waals surface area (Å²) in [6, 6.07) is 16.9. The van der Waals surface area contributed by atoms with Gasteiger partial charge in [0.05, 0.1) is 23.7 Å². The number of carbonyl (C=O) groups is 1. The van der Waals surface area contributed by atoms with E-state index in [1.54, 1.807) is 6.07 Å². The van der Waals surface area contributed by atoms with Crippen molar-refractivity contribution in [3.8, 4) is 33.7 Å². The Hall–Kier alpha value is -4.82. The van der Waals surface area contributed by atoms with Gasteiger partial charge in [0.1, 0.15) is 33.9 Å². The molecule has 0 aliphatic rings. The second-order valence-corrected chi connectivity index (χ2v) is 8.17. The summed E-state index contributed by atoms with van der Waals surface area (Å²) >= 11 is 1.18. The molecule has 0 saturated carbocycles. The minimum absolute atomic E-state index is 0.176. The first-order valence-electron chi connectivity index (χ1n) is 10.1. The molecule has 11 heteroatoms. The Morgan fingerprint density at radius 1 is 1.20 bits per heavy atom. The lowest BCUT2D eigenvalue weighted by Crippen LogP contribution is -2.13. The van der Waals surface area contributed by atoms with E-state index in [9.17, 15) is 20.2 Å². The van der Waals surface area contributed by atoms with Gasteiger partial charge in [0.25, 0.3) is 11.6 Å². The number of aryl methyl sites for hydroxylation is 1. The lowest BCUT2D eigenvalue weighted by molar-refractivity contribution is -0.384. The van der Waals surface area contributed by atoms with Crippen molar-refractivity contribution in [2.24, 2.45) is 0 Å². The van der Waals surface area contributed by atoms with E-state index >= 15 is 0 Å². The normalized spacial score (nSPS) is 11.1. The smallest absolute Gasteiger partial charge is 0.284 e. The SMILES string of the molecule is COc1ccc(-c2ccc(C=C(C#N)C(=O)Nc3nnc(-c4ccccc4C)s3)o2)c([N+](=O)[O-])c1. The van der Waals surface area contributed by atoms with Crippen molar-refractivity contribution in [3.63, 3.8) is 0 Å². The van der Waals surface area contributed by atoms with Crippen LogP contribution in [0.5, 0.6) is 5.75 Å². The predicted octanol–water partition coefficient (Wildman–Crippen LogP) is 5.24. The highest BCUT2D eigenvalue weighted by Gasteiger charge is 2.20. The van der Waals surface area contributed by atoms with Gasteiger partial charge in [-0.2, -0.15) is 5.26 Å². The Labute approximate surface area is 203 Å². The van der Waals surface area contributed by atoms with Crippen LogP contribution in [0.3, 0.4) is 0 Å². The van der Waals surface area contributed by atoms with Crippen molar-refractivity contribution in [2.75, 3.05) is 12.4 Å². The number of hydrogen-bond acceptors (Lipinski definition) is 9. The number of anilines is 1. The quantitative estimate of drug-likeness (QED) is 0.161. The molecule has 0 unspecified atom stereocenters. The highest BCUT2D eigenvalue weighted by Crippen LogP contribution is 2.34. The number of hydrogen-bond donors (Lipinski definition) is 1. The van der Waals surface area contributed by atoms with Crippen molar-refractivity contribution in [3.05, 3.63) is 81.6 Å². The van der Waals surface area contributed by atoms with Gasteiger partial charge in [0, 0.05) is 11.6 Å². The number of nitrogens with zero attached hydrogens (tertiary/aromatic N) is 4. The molecule has 10 nitrogen and oxygen atoms in total. The monoisotopic (exact) mass is 487 g/mol. The molecule has 1 amide bonds. The summed E-state index contributed by atoms with van der Waals surface area (Å²) in [4.78, 5) is 23.6. The Morgan fingerprint density at radius 3 is 2.71 bits per heavy atom. The van der Waals surface area contributed by atoms with Gasteiger partial charge in [0.2, 0.25) is 5.13 Å². The molecular weight excluding hydrogens is 470 g/mol. The minimum Gasteiger partial charge on any atom is -0.497 e. The number of nitriles is 1. The maximum atomic E-state index is 12.6. The summed E-state index contributed by atoms with van der Waals surface area (Å²) in [5.41, 5.74) is 1.72. The molecule has 2 aromatic carbocycles. The van der Waals surface area contributed by atoms with Crippen LogP contribution in [0, 0.1) is 28.4 Å². The van der Waals surface area contributed by atoms with Gasteiger partial charge in [-0.25, -0.2) is 0 Å². The van der Waals surface area contributed by atoms with Crippen LogP contribution in [0.15, 0.2) is 64.6 Å². The molecule has 4 rings (SSSR count). The summed E-state index contributed by atoms with van der Waals surface area (Å²) in [6.07, 6.45) is 1.25. The van der Waals surface area contributed by atoms with Gasteiger partial charge >= 0.3 is 0 Å². The third-order valence-corrected chi connectivity index (χ3v) is 5.84. The van der Waals surface area contributed by atoms with E-state index in [0.29, 0.717) is 10.8 Å². The van der Waals surface area contributed by atoms with Gasteiger partial charge in [-0.05, 0) is 36.8 Å². The molecule has 0 saturated heterocycles. The number of aromatic nitrogens is 2. The number of ether oxygens (including phenoxy) is 1. The van der Waals surface area contributed by atoms with E-state index in [1.165, 1.54) is 48.8 Å². The van der Waals surface area contributed by atoms with Crippen molar-refractivity contribution in [1.82, 2.24) is 10.2 Å². The van der Waals surface area contributed by atoms with Crippen LogP contribution >= 0.6 is 11.3 Å². The first kappa shape index (κ1) is 23.3. The first-order valence-corrected chi connectivity index (χ1v) is 11.0. The fraction of sp³-hybridized carbons (Fsp3) is 0.0833. The zero-order chi connectivity index (χ0) is 24.9. The van der Waals surface area contributed by atoms with E-state index in [1.807, 2.05) is 37.3 Å². The molecule has 0 aliphatic carbocycles. The van der Waals surface area contributed by atoms with Crippen LogP contribution in [0.25, 0.3) is 28.0 Å². The van der Waals surface area contributed by atoms with Crippen molar-refractivity contribution in [1.29, 1.82) is 5.26 Å². The highest BCUT2D eigenvalue weighted by atomic mass is 32.1. The average Bonchev–Trinajstić information content (AvgIpc) is 3.52. The molecule has 0 aliphatic heterocycles. The van der Waals surface area contributed by atoms with Crippen LogP contribution in [-0.2, 0) is 4.79 Å². The summed E-state index contributed by atoms with van der Waals surface area (Å²) < 4.78 is 10.7. The second-order valence-electron chi connectivity index (χ2n) is 7.19. The van der Waals surface area contributed by atoms with E-state index in [2.05, 4.69) is 15.5 Å². The lowest BCUT2D eigenvalue weighted by Gasteiger charge is -2.03. The molecule has 0 bridgehead atoms. The number of rotatable bonds is 7. The molecule has 0 fully saturated rings. The molecule has 0 atom stereocenters. The van der Waals surface area contributed by atoms with Crippen LogP contribution in [0.2, 0.25) is 0 Å². The summed E-state index contributed by atoms with van der Waals surface area (Å²) in [5.74, 6) is 0.0242. The van der Waals surface area contributed by atoms with Crippen molar-refractivity contribution < 1.29 is 18.9 Å². The molecule has 0 radical (unpaired) electrons. The lowest BCUT2D eigenvalue weighted by atomic mass is 10.1. The minimum atomic E-state index is -0.687. The Balaban J connectivity index is 1.55. The molecule has 35 heavy (non-hydrogen) atoms. The fourth-order valence-corrected chi connectivity index (χ4v) is 4.05. The van der Waals surface area contributed by atoms with Crippen LogP contribution in [-0.4, -0.2) is 28.1 Å². The maximum absolute atomic E-state index is 12.6. The van der Waals surface area contributed by atoms with E-state index < -0.39 is 10.8 Å². The zero-order valence-corrected chi connectivity index (χ0v) is 19.3. The largest absolute Gasteiger partial charge is 0.497 e. The average molecular weight is 487 g/mol. The molecule has 1 N–H and O–H groups in total. The third-order valence-electron chi connectivity index (χ3n) is 4.97. The number of methoxy groups -OCH3 is 1. The van der Waals surface area contributed by atoms with Gasteiger partial charge in [-0.1, -0.05) is 35.6 Å². The zero-order valence-electron chi connectivity index (χ0n) is 18.5. The summed E-state index contributed by atoms with van der Waals surface area (Å²) in [5, 5.41) is 32.5. The Kier molecular flexibility index (Phi) is 6.66. The predicted molar refractivity (Wildman–Crippen MR) is 130 cm³/mol. The number of furan rings is 1. The third kappa shape index (κ3) is 5.07. The number of nitro groups is 1. The number of amides is 1. The molecule has 0 spiro atoms.